The van der Waals surface area contributed by atoms with Crippen LogP contribution in [0, 0.1) is 12.8 Å². The molecule has 5 rings (SSSR count). The van der Waals surface area contributed by atoms with E-state index in [1.54, 1.807) is 0 Å². The van der Waals surface area contributed by atoms with Crippen molar-refractivity contribution in [2.45, 2.75) is 38.6 Å². The van der Waals surface area contributed by atoms with Gasteiger partial charge in [-0.3, -0.25) is 4.79 Å². The molecule has 2 aromatic carbocycles. The third-order valence-electron chi connectivity index (χ3n) is 6.13. The number of hydrogen-bond acceptors (Lipinski definition) is 3. The highest BCUT2D eigenvalue weighted by atomic mass is 16.2. The largest absolute Gasteiger partial charge is 0.344 e. The summed E-state index contributed by atoms with van der Waals surface area (Å²) in [5, 5.41) is 5.90. The van der Waals surface area contributed by atoms with Crippen LogP contribution < -0.4 is 10.6 Å². The van der Waals surface area contributed by atoms with Gasteiger partial charge in [0, 0.05) is 35.1 Å². The number of nitrogens with zero attached hydrogens (tertiary/aromatic N) is 2. The first kappa shape index (κ1) is 20.3. The maximum atomic E-state index is 13.0. The first-order valence-corrected chi connectivity index (χ1v) is 11.2. The molecule has 2 heterocycles. The van der Waals surface area contributed by atoms with Crippen LogP contribution in [0.2, 0.25) is 0 Å². The SMILES string of the molecule is Cc1[nH]c(C2CCCN2C(=O)Nc2ccc(NC(=O)C3CC3)cc2)nc1-c1ccccc1. The molecule has 3 aromatic rings. The first-order valence-electron chi connectivity index (χ1n) is 11.2. The predicted octanol–water partition coefficient (Wildman–Crippen LogP) is 5.10. The average molecular weight is 430 g/mol. The van der Waals surface area contributed by atoms with E-state index in [1.165, 1.54) is 0 Å². The number of urea groups is 1. The number of carbonyl (C=O) groups excluding carboxylic acids is 2. The van der Waals surface area contributed by atoms with E-state index >= 15 is 0 Å². The lowest BCUT2D eigenvalue weighted by atomic mass is 10.1. The van der Waals surface area contributed by atoms with Crippen LogP contribution in [0.25, 0.3) is 11.3 Å². The van der Waals surface area contributed by atoms with Crippen molar-refractivity contribution in [1.29, 1.82) is 0 Å². The van der Waals surface area contributed by atoms with Gasteiger partial charge in [-0.25, -0.2) is 9.78 Å². The lowest BCUT2D eigenvalue weighted by molar-refractivity contribution is -0.117. The molecular weight excluding hydrogens is 402 g/mol. The number of likely N-dealkylation sites (tertiary alicyclic amines) is 1. The number of nitrogens with one attached hydrogen (secondary N) is 3. The van der Waals surface area contributed by atoms with Crippen LogP contribution >= 0.6 is 0 Å². The summed E-state index contributed by atoms with van der Waals surface area (Å²) in [4.78, 5) is 35.0. The molecule has 0 radical (unpaired) electrons. The monoisotopic (exact) mass is 429 g/mol. The number of hydrogen-bond donors (Lipinski definition) is 3. The van der Waals surface area contributed by atoms with E-state index in [1.807, 2.05) is 66.4 Å². The molecule has 7 nitrogen and oxygen atoms in total. The Labute approximate surface area is 187 Å². The van der Waals surface area contributed by atoms with Crippen LogP contribution in [-0.2, 0) is 4.79 Å². The molecule has 1 aliphatic heterocycles. The van der Waals surface area contributed by atoms with Gasteiger partial charge in [-0.2, -0.15) is 0 Å². The van der Waals surface area contributed by atoms with Crippen LogP contribution in [0.4, 0.5) is 16.2 Å². The van der Waals surface area contributed by atoms with E-state index in [9.17, 15) is 9.59 Å². The third kappa shape index (κ3) is 4.23. The lowest BCUT2D eigenvalue weighted by Gasteiger charge is -2.23. The van der Waals surface area contributed by atoms with Gasteiger partial charge >= 0.3 is 6.03 Å². The number of carbonyl (C=O) groups is 2. The molecule has 0 spiro atoms. The van der Waals surface area contributed by atoms with Crippen molar-refractivity contribution in [3.63, 3.8) is 0 Å². The molecule has 164 valence electrons. The van der Waals surface area contributed by atoms with Crippen molar-refractivity contribution >= 4 is 23.3 Å². The second kappa shape index (κ2) is 8.49. The average Bonchev–Trinajstić information content (AvgIpc) is 3.42. The van der Waals surface area contributed by atoms with Crippen LogP contribution in [0.15, 0.2) is 54.6 Å². The number of benzene rings is 2. The van der Waals surface area contributed by atoms with E-state index in [0.717, 1.165) is 54.1 Å². The first-order chi connectivity index (χ1) is 15.6. The Kier molecular flexibility index (Phi) is 5.39. The number of amides is 3. The quantitative estimate of drug-likeness (QED) is 0.527. The van der Waals surface area contributed by atoms with Crippen molar-refractivity contribution in [3.05, 3.63) is 66.1 Å². The Balaban J connectivity index is 1.26. The Hall–Kier alpha value is -3.61. The summed E-state index contributed by atoms with van der Waals surface area (Å²) in [7, 11) is 0. The highest BCUT2D eigenvalue weighted by molar-refractivity contribution is 5.94. The summed E-state index contributed by atoms with van der Waals surface area (Å²) in [6, 6.07) is 17.1. The molecule has 1 unspecified atom stereocenters. The van der Waals surface area contributed by atoms with Crippen molar-refractivity contribution in [3.8, 4) is 11.3 Å². The summed E-state index contributed by atoms with van der Waals surface area (Å²) in [5.41, 5.74) is 4.44. The second-order valence-electron chi connectivity index (χ2n) is 8.58. The molecule has 1 saturated heterocycles. The summed E-state index contributed by atoms with van der Waals surface area (Å²) < 4.78 is 0. The zero-order valence-corrected chi connectivity index (χ0v) is 18.1. The zero-order valence-electron chi connectivity index (χ0n) is 18.1. The number of aromatic nitrogens is 2. The molecule has 3 N–H and O–H groups in total. The van der Waals surface area contributed by atoms with E-state index in [2.05, 4.69) is 15.6 Å². The lowest BCUT2D eigenvalue weighted by Crippen LogP contribution is -2.34. The standard InChI is InChI=1S/C25H27N5O2/c1-16-22(17-6-3-2-4-7-17)29-23(26-16)21-8-5-15-30(21)25(32)28-20-13-11-19(12-14-20)27-24(31)18-9-10-18/h2-4,6-7,11-14,18,21H,5,8-10,15H2,1H3,(H,26,29)(H,27,31)(H,28,32). The summed E-state index contributed by atoms with van der Waals surface area (Å²) >= 11 is 0. The summed E-state index contributed by atoms with van der Waals surface area (Å²) in [6.45, 7) is 2.70. The fourth-order valence-corrected chi connectivity index (χ4v) is 4.23. The van der Waals surface area contributed by atoms with Gasteiger partial charge in [-0.15, -0.1) is 0 Å². The Morgan fingerprint density at radius 2 is 1.66 bits per heavy atom. The molecule has 1 aromatic heterocycles. The van der Waals surface area contributed by atoms with Gasteiger partial charge in [-0.05, 0) is 56.9 Å². The Bertz CT molecular complexity index is 1120. The van der Waals surface area contributed by atoms with E-state index in [0.29, 0.717) is 12.2 Å². The van der Waals surface area contributed by atoms with Crippen molar-refractivity contribution in [2.75, 3.05) is 17.2 Å². The zero-order chi connectivity index (χ0) is 22.1. The molecule has 2 fully saturated rings. The minimum atomic E-state index is -0.141. The minimum absolute atomic E-state index is 0.0744. The number of imidazole rings is 1. The molecule has 0 bridgehead atoms. The van der Waals surface area contributed by atoms with Gasteiger partial charge in [0.1, 0.15) is 5.82 Å². The number of anilines is 2. The van der Waals surface area contributed by atoms with Gasteiger partial charge in [-0.1, -0.05) is 30.3 Å². The molecule has 3 amide bonds. The molecule has 1 atom stereocenters. The molecule has 2 aliphatic rings. The van der Waals surface area contributed by atoms with E-state index in [4.69, 9.17) is 4.98 Å². The number of H-pyrrole nitrogens is 1. The van der Waals surface area contributed by atoms with Crippen molar-refractivity contribution in [1.82, 2.24) is 14.9 Å². The molecular formula is C25H27N5O2. The topological polar surface area (TPSA) is 90.1 Å². The number of aryl methyl sites for hydroxylation is 1. The summed E-state index contributed by atoms with van der Waals surface area (Å²) in [5.74, 6) is 1.06. The molecule has 1 saturated carbocycles. The Morgan fingerprint density at radius 3 is 2.34 bits per heavy atom. The Morgan fingerprint density at radius 1 is 0.969 bits per heavy atom. The maximum Gasteiger partial charge on any atom is 0.322 e. The summed E-state index contributed by atoms with van der Waals surface area (Å²) in [6.07, 6.45) is 3.75. The van der Waals surface area contributed by atoms with E-state index < -0.39 is 0 Å². The highest BCUT2D eigenvalue weighted by Crippen LogP contribution is 2.33. The van der Waals surface area contributed by atoms with Crippen LogP contribution in [0.5, 0.6) is 0 Å². The smallest absolute Gasteiger partial charge is 0.322 e. The van der Waals surface area contributed by atoms with Gasteiger partial charge < -0.3 is 20.5 Å². The number of aromatic amines is 1. The third-order valence-corrected chi connectivity index (χ3v) is 6.13. The van der Waals surface area contributed by atoms with Gasteiger partial charge in [0.25, 0.3) is 0 Å². The fourth-order valence-electron chi connectivity index (χ4n) is 4.23. The minimum Gasteiger partial charge on any atom is -0.344 e. The van der Waals surface area contributed by atoms with Crippen molar-refractivity contribution in [2.24, 2.45) is 5.92 Å². The van der Waals surface area contributed by atoms with Crippen LogP contribution in [-0.4, -0.2) is 33.4 Å². The van der Waals surface area contributed by atoms with Crippen LogP contribution in [0.1, 0.15) is 43.2 Å². The highest BCUT2D eigenvalue weighted by Gasteiger charge is 2.33. The van der Waals surface area contributed by atoms with E-state index in [-0.39, 0.29) is 23.9 Å². The predicted molar refractivity (Wildman–Crippen MR) is 124 cm³/mol. The second-order valence-corrected chi connectivity index (χ2v) is 8.58. The molecule has 7 heteroatoms. The normalized spacial score (nSPS) is 17.9. The maximum absolute atomic E-state index is 13.0. The molecule has 32 heavy (non-hydrogen) atoms. The van der Waals surface area contributed by atoms with Crippen LogP contribution in [0.3, 0.4) is 0 Å². The van der Waals surface area contributed by atoms with Gasteiger partial charge in [0.2, 0.25) is 5.91 Å². The molecule has 1 aliphatic carbocycles. The fraction of sp³-hybridized carbons (Fsp3) is 0.320. The number of rotatable bonds is 5. The van der Waals surface area contributed by atoms with Gasteiger partial charge in [0.05, 0.1) is 11.7 Å². The van der Waals surface area contributed by atoms with Crippen molar-refractivity contribution < 1.29 is 9.59 Å². The van der Waals surface area contributed by atoms with Gasteiger partial charge in [0.15, 0.2) is 0 Å².